The van der Waals surface area contributed by atoms with E-state index in [1.165, 1.54) is 18.2 Å². The van der Waals surface area contributed by atoms with Gasteiger partial charge in [0.25, 0.3) is 0 Å². The Labute approximate surface area is 179 Å². The number of hydrogen-bond acceptors (Lipinski definition) is 5. The average Bonchev–Trinajstić information content (AvgIpc) is 3.38. The molecule has 1 aromatic carbocycles. The molecule has 6 nitrogen and oxygen atoms in total. The van der Waals surface area contributed by atoms with Gasteiger partial charge in [-0.3, -0.25) is 9.36 Å². The van der Waals surface area contributed by atoms with E-state index in [1.807, 2.05) is 45.9 Å². The van der Waals surface area contributed by atoms with Crippen molar-refractivity contribution in [3.63, 3.8) is 0 Å². The number of amides is 1. The third-order valence-electron chi connectivity index (χ3n) is 5.16. The van der Waals surface area contributed by atoms with Gasteiger partial charge in [0.2, 0.25) is 5.91 Å². The number of carbonyl (C=O) groups is 1. The molecule has 0 spiro atoms. The molecule has 1 amide bonds. The SMILES string of the molecule is CC1CCCCN1C(=O)CSc1nnc(-c2ccc(Cl)cc2)n1Cc1ccco1. The zero-order valence-corrected chi connectivity index (χ0v) is 17.8. The lowest BCUT2D eigenvalue weighted by molar-refractivity contribution is -0.131. The molecule has 0 N–H and O–H groups in total. The Bertz CT molecular complexity index is 956. The van der Waals surface area contributed by atoms with Gasteiger partial charge in [0.1, 0.15) is 5.76 Å². The van der Waals surface area contributed by atoms with E-state index in [0.717, 1.165) is 36.5 Å². The number of rotatable bonds is 6. The van der Waals surface area contributed by atoms with Gasteiger partial charge < -0.3 is 9.32 Å². The molecule has 29 heavy (non-hydrogen) atoms. The minimum atomic E-state index is 0.155. The molecule has 0 aliphatic carbocycles. The number of thioether (sulfide) groups is 1. The first-order valence-electron chi connectivity index (χ1n) is 9.75. The fourth-order valence-corrected chi connectivity index (χ4v) is 4.54. The predicted molar refractivity (Wildman–Crippen MR) is 114 cm³/mol. The summed E-state index contributed by atoms with van der Waals surface area (Å²) in [6, 6.07) is 11.6. The molecule has 1 aliphatic heterocycles. The maximum absolute atomic E-state index is 12.7. The molecule has 8 heteroatoms. The first kappa shape index (κ1) is 20.0. The number of nitrogens with zero attached hydrogens (tertiary/aromatic N) is 4. The van der Waals surface area contributed by atoms with Gasteiger partial charge in [-0.15, -0.1) is 10.2 Å². The molecule has 4 rings (SSSR count). The van der Waals surface area contributed by atoms with Crippen molar-refractivity contribution in [1.29, 1.82) is 0 Å². The van der Waals surface area contributed by atoms with E-state index in [4.69, 9.17) is 16.0 Å². The molecular formula is C21H23ClN4O2S. The van der Waals surface area contributed by atoms with Crippen LogP contribution in [-0.2, 0) is 11.3 Å². The minimum absolute atomic E-state index is 0.155. The van der Waals surface area contributed by atoms with Gasteiger partial charge in [-0.2, -0.15) is 0 Å². The van der Waals surface area contributed by atoms with Crippen LogP contribution in [0.3, 0.4) is 0 Å². The minimum Gasteiger partial charge on any atom is -0.467 e. The lowest BCUT2D eigenvalue weighted by Gasteiger charge is -2.33. The second-order valence-corrected chi connectivity index (χ2v) is 8.58. The van der Waals surface area contributed by atoms with Gasteiger partial charge >= 0.3 is 0 Å². The number of aromatic nitrogens is 3. The molecule has 1 fully saturated rings. The number of piperidine rings is 1. The molecule has 1 saturated heterocycles. The average molecular weight is 431 g/mol. The Balaban J connectivity index is 1.55. The summed E-state index contributed by atoms with van der Waals surface area (Å²) < 4.78 is 7.51. The van der Waals surface area contributed by atoms with E-state index in [-0.39, 0.29) is 5.91 Å². The highest BCUT2D eigenvalue weighted by Crippen LogP contribution is 2.27. The molecule has 0 radical (unpaired) electrons. The monoisotopic (exact) mass is 430 g/mol. The highest BCUT2D eigenvalue weighted by Gasteiger charge is 2.24. The van der Waals surface area contributed by atoms with Crippen molar-refractivity contribution in [2.24, 2.45) is 0 Å². The van der Waals surface area contributed by atoms with Crippen molar-refractivity contribution in [1.82, 2.24) is 19.7 Å². The first-order chi connectivity index (χ1) is 14.1. The maximum atomic E-state index is 12.7. The number of benzene rings is 1. The Kier molecular flexibility index (Phi) is 6.25. The van der Waals surface area contributed by atoms with Crippen LogP contribution < -0.4 is 0 Å². The Morgan fingerprint density at radius 2 is 2.07 bits per heavy atom. The summed E-state index contributed by atoms with van der Waals surface area (Å²) >= 11 is 7.45. The van der Waals surface area contributed by atoms with Gasteiger partial charge in [-0.25, -0.2) is 0 Å². The molecular weight excluding hydrogens is 408 g/mol. The summed E-state index contributed by atoms with van der Waals surface area (Å²) in [5.41, 5.74) is 0.913. The molecule has 3 heterocycles. The van der Waals surface area contributed by atoms with Gasteiger partial charge in [0.15, 0.2) is 11.0 Å². The topological polar surface area (TPSA) is 64.2 Å². The van der Waals surface area contributed by atoms with Crippen LogP contribution in [0.2, 0.25) is 5.02 Å². The molecule has 1 aliphatic rings. The Morgan fingerprint density at radius 1 is 1.24 bits per heavy atom. The standard InChI is InChI=1S/C21H23ClN4O2S/c1-15-5-2-3-11-25(15)19(27)14-29-21-24-23-20(16-7-9-17(22)10-8-16)26(21)13-18-6-4-12-28-18/h4,6-10,12,15H,2-3,5,11,13-14H2,1H3. The van der Waals surface area contributed by atoms with E-state index in [2.05, 4.69) is 17.1 Å². The van der Waals surface area contributed by atoms with E-state index in [0.29, 0.717) is 28.5 Å². The highest BCUT2D eigenvalue weighted by atomic mass is 35.5. The fraction of sp³-hybridized carbons (Fsp3) is 0.381. The van der Waals surface area contributed by atoms with Crippen LogP contribution in [0.4, 0.5) is 0 Å². The number of furan rings is 1. The largest absolute Gasteiger partial charge is 0.467 e. The lowest BCUT2D eigenvalue weighted by Crippen LogP contribution is -2.43. The van der Waals surface area contributed by atoms with Crippen molar-refractivity contribution in [3.8, 4) is 11.4 Å². The number of carbonyl (C=O) groups excluding carboxylic acids is 1. The normalized spacial score (nSPS) is 16.9. The van der Waals surface area contributed by atoms with E-state index < -0.39 is 0 Å². The Hall–Kier alpha value is -2.25. The summed E-state index contributed by atoms with van der Waals surface area (Å²) in [7, 11) is 0. The van der Waals surface area contributed by atoms with Crippen molar-refractivity contribution in [2.75, 3.05) is 12.3 Å². The molecule has 3 aromatic rings. The molecule has 0 saturated carbocycles. The van der Waals surface area contributed by atoms with Crippen LogP contribution in [0, 0.1) is 0 Å². The quantitative estimate of drug-likeness (QED) is 0.529. The fourth-order valence-electron chi connectivity index (χ4n) is 3.59. The molecule has 1 atom stereocenters. The van der Waals surface area contributed by atoms with E-state index in [9.17, 15) is 4.79 Å². The van der Waals surface area contributed by atoms with Gasteiger partial charge in [0.05, 0.1) is 18.6 Å². The van der Waals surface area contributed by atoms with Crippen molar-refractivity contribution in [2.45, 2.75) is 43.9 Å². The summed E-state index contributed by atoms with van der Waals surface area (Å²) in [5, 5.41) is 10.1. The molecule has 1 unspecified atom stereocenters. The van der Waals surface area contributed by atoms with E-state index in [1.54, 1.807) is 6.26 Å². The number of halogens is 1. The number of hydrogen-bond donors (Lipinski definition) is 0. The number of likely N-dealkylation sites (tertiary alicyclic amines) is 1. The van der Waals surface area contributed by atoms with Crippen molar-refractivity contribution >= 4 is 29.3 Å². The maximum Gasteiger partial charge on any atom is 0.233 e. The predicted octanol–water partition coefficient (Wildman–Crippen LogP) is 4.73. The second-order valence-electron chi connectivity index (χ2n) is 7.20. The van der Waals surface area contributed by atoms with Crippen LogP contribution in [0.1, 0.15) is 31.9 Å². The van der Waals surface area contributed by atoms with Crippen molar-refractivity contribution in [3.05, 3.63) is 53.4 Å². The van der Waals surface area contributed by atoms with Crippen LogP contribution in [0.15, 0.2) is 52.2 Å². The highest BCUT2D eigenvalue weighted by molar-refractivity contribution is 7.99. The van der Waals surface area contributed by atoms with Gasteiger partial charge in [-0.1, -0.05) is 23.4 Å². The molecule has 152 valence electrons. The van der Waals surface area contributed by atoms with Gasteiger partial charge in [0, 0.05) is 23.2 Å². The summed E-state index contributed by atoms with van der Waals surface area (Å²) in [6.07, 6.45) is 5.00. The second kappa shape index (κ2) is 9.05. The Morgan fingerprint density at radius 3 is 2.79 bits per heavy atom. The van der Waals surface area contributed by atoms with Crippen LogP contribution in [-0.4, -0.2) is 43.9 Å². The zero-order chi connectivity index (χ0) is 20.2. The summed E-state index contributed by atoms with van der Waals surface area (Å²) in [6.45, 7) is 3.46. The lowest BCUT2D eigenvalue weighted by atomic mass is 10.0. The summed E-state index contributed by atoms with van der Waals surface area (Å²) in [4.78, 5) is 14.7. The van der Waals surface area contributed by atoms with Crippen molar-refractivity contribution < 1.29 is 9.21 Å². The molecule has 0 bridgehead atoms. The zero-order valence-electron chi connectivity index (χ0n) is 16.3. The third-order valence-corrected chi connectivity index (χ3v) is 6.36. The summed E-state index contributed by atoms with van der Waals surface area (Å²) in [5.74, 6) is 2.03. The third kappa shape index (κ3) is 4.67. The van der Waals surface area contributed by atoms with Crippen LogP contribution >= 0.6 is 23.4 Å². The van der Waals surface area contributed by atoms with E-state index >= 15 is 0 Å². The first-order valence-corrected chi connectivity index (χ1v) is 11.1. The van der Waals surface area contributed by atoms with Gasteiger partial charge in [-0.05, 0) is 62.6 Å². The smallest absolute Gasteiger partial charge is 0.233 e. The van der Waals surface area contributed by atoms with Crippen LogP contribution in [0.5, 0.6) is 0 Å². The van der Waals surface area contributed by atoms with Crippen LogP contribution in [0.25, 0.3) is 11.4 Å². The molecule has 2 aromatic heterocycles.